The second kappa shape index (κ2) is 9.14. The van der Waals surface area contributed by atoms with Crippen LogP contribution in [-0.4, -0.2) is 14.2 Å². The van der Waals surface area contributed by atoms with Gasteiger partial charge in [0.05, 0.1) is 11.8 Å². The summed E-state index contributed by atoms with van der Waals surface area (Å²) in [6, 6.07) is 34.1. The lowest BCUT2D eigenvalue weighted by atomic mass is 9.69. The van der Waals surface area contributed by atoms with Gasteiger partial charge in [0.15, 0.2) is 0 Å². The number of aromatic nitrogens is 2. The summed E-state index contributed by atoms with van der Waals surface area (Å²) in [4.78, 5) is 0. The van der Waals surface area contributed by atoms with Crippen LogP contribution >= 0.6 is 0 Å². The van der Waals surface area contributed by atoms with E-state index < -0.39 is 0 Å². The number of phenolic OH excluding ortho intramolecular Hbond substituents is 1. The van der Waals surface area contributed by atoms with Crippen LogP contribution in [0.1, 0.15) is 63.0 Å². The average Bonchev–Trinajstić information content (AvgIpc) is 3.52. The van der Waals surface area contributed by atoms with Crippen molar-refractivity contribution in [1.82, 2.24) is 9.13 Å². The van der Waals surface area contributed by atoms with Crippen LogP contribution in [0.15, 0.2) is 103 Å². The van der Waals surface area contributed by atoms with Crippen molar-refractivity contribution in [3.8, 4) is 5.75 Å². The lowest BCUT2D eigenvalue weighted by Gasteiger charge is -2.35. The van der Waals surface area contributed by atoms with Gasteiger partial charge in [-0.15, -0.1) is 0 Å². The normalized spacial score (nSPS) is 17.2. The van der Waals surface area contributed by atoms with Crippen LogP contribution in [-0.2, 0) is 20.5 Å². The van der Waals surface area contributed by atoms with E-state index in [1.165, 1.54) is 61.0 Å². The second-order valence-corrected chi connectivity index (χ2v) is 12.4. The van der Waals surface area contributed by atoms with Crippen molar-refractivity contribution in [1.29, 1.82) is 0 Å². The molecule has 0 fully saturated rings. The van der Waals surface area contributed by atoms with Gasteiger partial charge < -0.3 is 20.0 Å². The topological polar surface area (TPSA) is 56.1 Å². The Balaban J connectivity index is 1.52. The van der Waals surface area contributed by atoms with Crippen LogP contribution in [0.2, 0.25) is 0 Å². The first-order valence-corrected chi connectivity index (χ1v) is 15.5. The highest BCUT2D eigenvalue weighted by Gasteiger charge is 2.44. The fraction of sp³-hybridized carbons (Fsp3) is 0.150. The Morgan fingerprint density at radius 3 is 1.91 bits per heavy atom. The van der Waals surface area contributed by atoms with Gasteiger partial charge in [0.1, 0.15) is 5.75 Å². The second-order valence-electron chi connectivity index (χ2n) is 12.4. The first-order chi connectivity index (χ1) is 21.5. The van der Waals surface area contributed by atoms with Gasteiger partial charge in [-0.3, -0.25) is 0 Å². The first kappa shape index (κ1) is 25.3. The fourth-order valence-corrected chi connectivity index (χ4v) is 8.49. The molecule has 0 amide bonds. The molecule has 5 aromatic carbocycles. The number of hydrogen-bond acceptors (Lipinski definition) is 2. The van der Waals surface area contributed by atoms with E-state index >= 15 is 0 Å². The Morgan fingerprint density at radius 2 is 1.23 bits per heavy atom. The molecule has 2 atom stereocenters. The number of hydrogen-bond donors (Lipinski definition) is 2. The van der Waals surface area contributed by atoms with E-state index in [0.29, 0.717) is 5.75 Å². The summed E-state index contributed by atoms with van der Waals surface area (Å²) in [5, 5.41) is 16.4. The summed E-state index contributed by atoms with van der Waals surface area (Å²) < 4.78 is 4.76. The van der Waals surface area contributed by atoms with Crippen molar-refractivity contribution in [2.45, 2.75) is 24.7 Å². The molecule has 0 saturated carbocycles. The third kappa shape index (κ3) is 3.23. The number of nitrogens with two attached hydrogens (primary N) is 1. The standard InChI is InChI=1S/C40H33N3O/c1-42-31-18-10-8-16-28(31)36-38(34-26-14-6-4-12-24(26)20-22-32(34)44)40-35(27-15-7-9-17-30(27)43(40)2)37(39(36)42)33-25-13-5-3-11-23(25)19-21-29(33)41/h4-10,12-22,37-38,44H,3,11,41H2,1-2H3. The van der Waals surface area contributed by atoms with Gasteiger partial charge in [0.2, 0.25) is 0 Å². The molecule has 214 valence electrons. The van der Waals surface area contributed by atoms with E-state index in [4.69, 9.17) is 5.73 Å². The third-order valence-electron chi connectivity index (χ3n) is 10.3. The molecule has 9 rings (SSSR count). The summed E-state index contributed by atoms with van der Waals surface area (Å²) in [5.74, 6) is 0.0403. The zero-order valence-corrected chi connectivity index (χ0v) is 24.9. The molecule has 2 aromatic heterocycles. The molecule has 2 heterocycles. The molecule has 4 nitrogen and oxygen atoms in total. The number of nitrogens with zero attached hydrogens (tertiary/aromatic N) is 2. The number of aromatic hydroxyl groups is 1. The maximum absolute atomic E-state index is 11.8. The molecule has 2 aliphatic rings. The highest BCUT2D eigenvalue weighted by atomic mass is 16.3. The molecule has 0 radical (unpaired) electrons. The minimum absolute atomic E-state index is 0.0884. The van der Waals surface area contributed by atoms with Crippen molar-refractivity contribution in [3.63, 3.8) is 0 Å². The van der Waals surface area contributed by atoms with Crippen molar-refractivity contribution in [3.05, 3.63) is 148 Å². The summed E-state index contributed by atoms with van der Waals surface area (Å²) in [6.07, 6.45) is 6.64. The molecule has 4 heteroatoms. The van der Waals surface area contributed by atoms with E-state index in [2.05, 4.69) is 120 Å². The minimum Gasteiger partial charge on any atom is -0.508 e. The van der Waals surface area contributed by atoms with Crippen LogP contribution in [0.3, 0.4) is 0 Å². The number of fused-ring (bicyclic) bond motifs is 8. The van der Waals surface area contributed by atoms with Crippen molar-refractivity contribution in [2.75, 3.05) is 5.73 Å². The smallest absolute Gasteiger partial charge is 0.120 e. The van der Waals surface area contributed by atoms with E-state index in [1.54, 1.807) is 0 Å². The van der Waals surface area contributed by atoms with Crippen LogP contribution < -0.4 is 5.73 Å². The Kier molecular flexibility index (Phi) is 5.25. The SMILES string of the molecule is Cn1c2c(c3ccccc31)C(c1c(O)ccc3ccccc13)c1c(c3ccccc3n1C)C2c1c(N)ccc2c1C=CCC2. The van der Waals surface area contributed by atoms with Gasteiger partial charge in [0.25, 0.3) is 0 Å². The van der Waals surface area contributed by atoms with Gasteiger partial charge >= 0.3 is 0 Å². The van der Waals surface area contributed by atoms with Crippen LogP contribution in [0, 0.1) is 0 Å². The van der Waals surface area contributed by atoms with E-state index in [-0.39, 0.29) is 11.8 Å². The zero-order valence-electron chi connectivity index (χ0n) is 24.9. The number of benzene rings is 5. The molecule has 0 spiro atoms. The average molecular weight is 572 g/mol. The molecule has 0 saturated heterocycles. The lowest BCUT2D eigenvalue weighted by Crippen LogP contribution is -2.24. The van der Waals surface area contributed by atoms with Crippen molar-refractivity contribution in [2.24, 2.45) is 14.1 Å². The van der Waals surface area contributed by atoms with Gasteiger partial charge in [0, 0.05) is 58.5 Å². The number of nitrogen functional groups attached to an aromatic ring is 1. The summed E-state index contributed by atoms with van der Waals surface area (Å²) in [5.41, 5.74) is 19.9. The largest absolute Gasteiger partial charge is 0.508 e. The van der Waals surface area contributed by atoms with Crippen molar-refractivity contribution >= 4 is 44.3 Å². The molecule has 2 aliphatic carbocycles. The maximum atomic E-state index is 11.8. The van der Waals surface area contributed by atoms with Crippen LogP contribution in [0.5, 0.6) is 5.75 Å². The van der Waals surface area contributed by atoms with Gasteiger partial charge in [-0.25, -0.2) is 0 Å². The van der Waals surface area contributed by atoms with E-state index in [1.807, 2.05) is 12.1 Å². The van der Waals surface area contributed by atoms with Gasteiger partial charge in [-0.1, -0.05) is 84.9 Å². The highest BCUT2D eigenvalue weighted by Crippen LogP contribution is 2.57. The summed E-state index contributed by atoms with van der Waals surface area (Å²) in [7, 11) is 4.39. The number of allylic oxidation sites excluding steroid dienone is 1. The summed E-state index contributed by atoms with van der Waals surface area (Å²) in [6.45, 7) is 0. The number of para-hydroxylation sites is 2. The number of anilines is 1. The Morgan fingerprint density at radius 1 is 0.636 bits per heavy atom. The Hall–Kier alpha value is -5.22. The minimum atomic E-state index is -0.192. The molecular weight excluding hydrogens is 538 g/mol. The first-order valence-electron chi connectivity index (χ1n) is 15.5. The monoisotopic (exact) mass is 571 g/mol. The quantitative estimate of drug-likeness (QED) is 0.204. The molecule has 44 heavy (non-hydrogen) atoms. The van der Waals surface area contributed by atoms with Gasteiger partial charge in [-0.2, -0.15) is 0 Å². The molecular formula is C40H33N3O. The molecule has 2 unspecified atom stereocenters. The van der Waals surface area contributed by atoms with Crippen molar-refractivity contribution < 1.29 is 5.11 Å². The Bertz CT molecular complexity index is 2350. The fourth-order valence-electron chi connectivity index (χ4n) is 8.49. The molecule has 0 bridgehead atoms. The van der Waals surface area contributed by atoms with E-state index in [9.17, 15) is 5.11 Å². The number of rotatable bonds is 2. The predicted molar refractivity (Wildman–Crippen MR) is 182 cm³/mol. The molecule has 3 N–H and O–H groups in total. The lowest BCUT2D eigenvalue weighted by molar-refractivity contribution is 0.467. The zero-order chi connectivity index (χ0) is 29.7. The van der Waals surface area contributed by atoms with Gasteiger partial charge in [-0.05, 0) is 75.7 Å². The van der Waals surface area contributed by atoms with Crippen LogP contribution in [0.25, 0.3) is 38.7 Å². The molecule has 7 aromatic rings. The maximum Gasteiger partial charge on any atom is 0.120 e. The van der Waals surface area contributed by atoms with E-state index in [0.717, 1.165) is 34.9 Å². The summed E-state index contributed by atoms with van der Waals surface area (Å²) >= 11 is 0. The van der Waals surface area contributed by atoms with Crippen LogP contribution in [0.4, 0.5) is 5.69 Å². The molecule has 0 aliphatic heterocycles. The Labute approximate surface area is 256 Å². The number of aryl methyl sites for hydroxylation is 3. The third-order valence-corrected chi connectivity index (χ3v) is 10.3. The highest BCUT2D eigenvalue weighted by molar-refractivity contribution is 5.97. The number of phenols is 1. The predicted octanol–water partition coefficient (Wildman–Crippen LogP) is 8.74.